The van der Waals surface area contributed by atoms with E-state index in [0.29, 0.717) is 18.1 Å². The molecule has 0 amide bonds. The van der Waals surface area contributed by atoms with Crippen LogP contribution in [0, 0.1) is 6.92 Å². The molecule has 19 heavy (non-hydrogen) atoms. The average Bonchev–Trinajstić information content (AvgIpc) is 2.85. The van der Waals surface area contributed by atoms with Gasteiger partial charge < -0.3 is 11.1 Å². The van der Waals surface area contributed by atoms with Gasteiger partial charge in [-0.15, -0.1) is 0 Å². The van der Waals surface area contributed by atoms with Crippen LogP contribution in [0.25, 0.3) is 0 Å². The van der Waals surface area contributed by atoms with Gasteiger partial charge in [-0.2, -0.15) is 9.47 Å². The molecular weight excluding hydrogens is 286 g/mol. The summed E-state index contributed by atoms with van der Waals surface area (Å²) in [5.41, 5.74) is 6.66. The van der Waals surface area contributed by atoms with Crippen LogP contribution in [0.3, 0.4) is 0 Å². The second-order valence-electron chi connectivity index (χ2n) is 4.21. The number of sulfone groups is 1. The molecule has 2 aromatic heterocycles. The molecule has 2 rings (SSSR count). The van der Waals surface area contributed by atoms with Crippen molar-refractivity contribution in [2.75, 3.05) is 23.9 Å². The lowest BCUT2D eigenvalue weighted by Crippen LogP contribution is -2.12. The molecule has 0 atom stereocenters. The van der Waals surface area contributed by atoms with Crippen molar-refractivity contribution in [1.82, 2.24) is 14.2 Å². The molecule has 0 aliphatic carbocycles. The highest BCUT2D eigenvalue weighted by atomic mass is 32.2. The summed E-state index contributed by atoms with van der Waals surface area (Å²) in [6.45, 7) is 3.14. The maximum atomic E-state index is 11.6. The van der Waals surface area contributed by atoms with Crippen molar-refractivity contribution >= 4 is 32.2 Å². The van der Waals surface area contributed by atoms with E-state index in [2.05, 4.69) is 14.8 Å². The van der Waals surface area contributed by atoms with Gasteiger partial charge in [-0.3, -0.25) is 4.68 Å². The van der Waals surface area contributed by atoms with E-state index in [0.717, 1.165) is 23.4 Å². The Morgan fingerprint density at radius 3 is 2.84 bits per heavy atom. The summed E-state index contributed by atoms with van der Waals surface area (Å²) >= 11 is 1.05. The molecule has 7 nitrogen and oxygen atoms in total. The van der Waals surface area contributed by atoms with Gasteiger partial charge in [0.25, 0.3) is 0 Å². The highest BCUT2D eigenvalue weighted by molar-refractivity contribution is 7.91. The summed E-state index contributed by atoms with van der Waals surface area (Å²) in [6.07, 6.45) is 4.81. The molecule has 104 valence electrons. The number of aryl methyl sites for hydroxylation is 1. The topological polar surface area (TPSA) is 103 Å². The maximum absolute atomic E-state index is 11.6. The number of hydrogen-bond acceptors (Lipinski definition) is 7. The third kappa shape index (κ3) is 3.24. The summed E-state index contributed by atoms with van der Waals surface area (Å²) < 4.78 is 28.9. The van der Waals surface area contributed by atoms with Crippen LogP contribution in [0.4, 0.5) is 10.8 Å². The summed E-state index contributed by atoms with van der Waals surface area (Å²) in [7, 11) is -3.37. The molecule has 0 bridgehead atoms. The van der Waals surface area contributed by atoms with Gasteiger partial charge in [-0.25, -0.2) is 8.42 Å². The fourth-order valence-electron chi connectivity index (χ4n) is 1.64. The van der Waals surface area contributed by atoms with Crippen molar-refractivity contribution in [3.63, 3.8) is 0 Å². The molecule has 0 aromatic carbocycles. The van der Waals surface area contributed by atoms with Crippen molar-refractivity contribution < 1.29 is 8.42 Å². The smallest absolute Gasteiger partial charge is 0.182 e. The van der Waals surface area contributed by atoms with Gasteiger partial charge in [0, 0.05) is 19.0 Å². The zero-order valence-corrected chi connectivity index (χ0v) is 12.3. The summed E-state index contributed by atoms with van der Waals surface area (Å²) in [4.78, 5) is 0.0779. The Kier molecular flexibility index (Phi) is 3.76. The number of nitrogens with one attached hydrogen (secondary N) is 1. The first-order valence-corrected chi connectivity index (χ1v) is 8.22. The molecule has 0 radical (unpaired) electrons. The quantitative estimate of drug-likeness (QED) is 0.844. The standard InChI is InChI=1S/C10H15N5O2S2/c1-7-5-13-15(6-7)4-3-12-10-8(19(2,16)17)9(11)14-18-10/h5-6,12H,3-4H2,1-2H3,(H2,11,14). The zero-order valence-electron chi connectivity index (χ0n) is 10.6. The molecule has 9 heteroatoms. The third-order valence-electron chi connectivity index (χ3n) is 2.43. The van der Waals surface area contributed by atoms with Crippen molar-refractivity contribution in [1.29, 1.82) is 0 Å². The lowest BCUT2D eigenvalue weighted by molar-refractivity contribution is 0.602. The van der Waals surface area contributed by atoms with Gasteiger partial charge in [-0.1, -0.05) is 0 Å². The monoisotopic (exact) mass is 301 g/mol. The van der Waals surface area contributed by atoms with Crippen LogP contribution in [0.15, 0.2) is 17.3 Å². The molecule has 0 aliphatic rings. The van der Waals surface area contributed by atoms with Gasteiger partial charge in [0.2, 0.25) is 0 Å². The molecule has 2 heterocycles. The van der Waals surface area contributed by atoms with Crippen LogP contribution in [0.1, 0.15) is 5.56 Å². The van der Waals surface area contributed by atoms with Crippen molar-refractivity contribution in [2.24, 2.45) is 0 Å². The van der Waals surface area contributed by atoms with Crippen LogP contribution in [-0.2, 0) is 16.4 Å². The van der Waals surface area contributed by atoms with E-state index in [4.69, 9.17) is 5.73 Å². The van der Waals surface area contributed by atoms with Gasteiger partial charge in [0.05, 0.1) is 12.7 Å². The fourth-order valence-corrected chi connectivity index (χ4v) is 3.73. The van der Waals surface area contributed by atoms with Crippen LogP contribution in [-0.4, -0.2) is 35.4 Å². The van der Waals surface area contributed by atoms with Crippen LogP contribution >= 0.6 is 11.5 Å². The second-order valence-corrected chi connectivity index (χ2v) is 6.93. The van der Waals surface area contributed by atoms with E-state index in [1.165, 1.54) is 0 Å². The van der Waals surface area contributed by atoms with Crippen molar-refractivity contribution in [2.45, 2.75) is 18.4 Å². The number of hydrogen-bond donors (Lipinski definition) is 2. The van der Waals surface area contributed by atoms with E-state index in [9.17, 15) is 8.42 Å². The SMILES string of the molecule is Cc1cnn(CCNc2snc(N)c2S(C)(=O)=O)c1. The van der Waals surface area contributed by atoms with E-state index in [1.54, 1.807) is 10.9 Å². The number of anilines is 2. The minimum Gasteiger partial charge on any atom is -0.382 e. The fraction of sp³-hybridized carbons (Fsp3) is 0.400. The van der Waals surface area contributed by atoms with E-state index in [1.807, 2.05) is 13.1 Å². The van der Waals surface area contributed by atoms with Gasteiger partial charge in [0.1, 0.15) is 9.90 Å². The Morgan fingerprint density at radius 1 is 1.53 bits per heavy atom. The molecule has 2 aromatic rings. The Hall–Kier alpha value is -1.61. The molecule has 0 unspecified atom stereocenters. The highest BCUT2D eigenvalue weighted by Crippen LogP contribution is 2.30. The number of nitrogens with two attached hydrogens (primary N) is 1. The number of rotatable bonds is 5. The van der Waals surface area contributed by atoms with Gasteiger partial charge in [-0.05, 0) is 24.0 Å². The van der Waals surface area contributed by atoms with E-state index >= 15 is 0 Å². The Bertz CT molecular complexity index is 674. The molecule has 0 aliphatic heterocycles. The third-order valence-corrected chi connectivity index (χ3v) is 4.54. The van der Waals surface area contributed by atoms with Crippen molar-refractivity contribution in [3.8, 4) is 0 Å². The normalized spacial score (nSPS) is 11.7. The van der Waals surface area contributed by atoms with E-state index in [-0.39, 0.29) is 10.7 Å². The van der Waals surface area contributed by atoms with Gasteiger partial charge in [0.15, 0.2) is 15.7 Å². The molecule has 0 saturated carbocycles. The molecule has 0 saturated heterocycles. The summed E-state index contributed by atoms with van der Waals surface area (Å²) in [6, 6.07) is 0. The van der Waals surface area contributed by atoms with Gasteiger partial charge >= 0.3 is 0 Å². The number of nitrogens with zero attached hydrogens (tertiary/aromatic N) is 3. The maximum Gasteiger partial charge on any atom is 0.182 e. The highest BCUT2D eigenvalue weighted by Gasteiger charge is 2.20. The lowest BCUT2D eigenvalue weighted by atomic mass is 10.4. The largest absolute Gasteiger partial charge is 0.382 e. The van der Waals surface area contributed by atoms with Crippen LogP contribution in [0.2, 0.25) is 0 Å². The van der Waals surface area contributed by atoms with Crippen molar-refractivity contribution in [3.05, 3.63) is 18.0 Å². The molecular formula is C10H15N5O2S2. The van der Waals surface area contributed by atoms with Crippen LogP contribution in [0.5, 0.6) is 0 Å². The zero-order chi connectivity index (χ0) is 14.0. The van der Waals surface area contributed by atoms with E-state index < -0.39 is 9.84 Å². The summed E-state index contributed by atoms with van der Waals surface area (Å²) in [5, 5.41) is 7.66. The Labute approximate surface area is 115 Å². The molecule has 0 fully saturated rings. The number of aromatic nitrogens is 3. The molecule has 0 spiro atoms. The van der Waals surface area contributed by atoms with Crippen LogP contribution < -0.4 is 11.1 Å². The molecule has 3 N–H and O–H groups in total. The minimum absolute atomic E-state index is 0.0462. The Balaban J connectivity index is 2.04. The minimum atomic E-state index is -3.37. The first-order chi connectivity index (χ1) is 8.88. The second kappa shape index (κ2) is 5.17. The lowest BCUT2D eigenvalue weighted by Gasteiger charge is -2.06. The predicted molar refractivity (Wildman–Crippen MR) is 75.1 cm³/mol. The Morgan fingerprint density at radius 2 is 2.26 bits per heavy atom. The number of nitrogen functional groups attached to an aromatic ring is 1. The predicted octanol–water partition coefficient (Wildman–Crippen LogP) is 0.746. The first-order valence-electron chi connectivity index (χ1n) is 5.56. The average molecular weight is 301 g/mol. The first kappa shape index (κ1) is 13.8. The summed E-state index contributed by atoms with van der Waals surface area (Å²) in [5.74, 6) is 0.0462.